The highest BCUT2D eigenvalue weighted by Gasteiger charge is 2.24. The first-order valence-corrected chi connectivity index (χ1v) is 19.6. The van der Waals surface area contributed by atoms with Gasteiger partial charge in [-0.2, -0.15) is 0 Å². The summed E-state index contributed by atoms with van der Waals surface area (Å²) in [4.78, 5) is 0. The van der Waals surface area contributed by atoms with Crippen LogP contribution in [-0.2, 0) is 0 Å². The van der Waals surface area contributed by atoms with Crippen molar-refractivity contribution in [3.05, 3.63) is 194 Å². The quantitative estimate of drug-likeness (QED) is 0.166. The van der Waals surface area contributed by atoms with Crippen molar-refractivity contribution in [3.63, 3.8) is 0 Å². The van der Waals surface area contributed by atoms with Gasteiger partial charge in [-0.25, -0.2) is 0 Å². The van der Waals surface area contributed by atoms with E-state index in [0.29, 0.717) is 0 Å². The van der Waals surface area contributed by atoms with Gasteiger partial charge in [0.2, 0.25) is 0 Å². The zero-order valence-electron chi connectivity index (χ0n) is 30.8. The number of hydrogen-bond donors (Lipinski definition) is 0. The SMILES string of the molecule is c1ccc(-c2ccc(-n3c4ccccc4c4c3ccc3c5c6oc7ccccc7c6ccc5n(-c5ccc6c7ccccc7c7ccccc7c6c5)c34)cc2)cc1. The van der Waals surface area contributed by atoms with Gasteiger partial charge in [0.25, 0.3) is 0 Å². The Kier molecular flexibility index (Phi) is 6.16. The molecule has 0 unspecified atom stereocenters. The highest BCUT2D eigenvalue weighted by atomic mass is 16.3. The first-order chi connectivity index (χ1) is 28.3. The molecule has 264 valence electrons. The molecule has 0 aliphatic heterocycles. The lowest BCUT2D eigenvalue weighted by Crippen LogP contribution is -1.96. The molecule has 13 aromatic rings. The number of nitrogens with zero attached hydrogens (tertiary/aromatic N) is 2. The second-order valence-electron chi connectivity index (χ2n) is 15.2. The van der Waals surface area contributed by atoms with Gasteiger partial charge < -0.3 is 13.6 Å². The second kappa shape index (κ2) is 11.5. The van der Waals surface area contributed by atoms with Crippen molar-refractivity contribution in [3.8, 4) is 22.5 Å². The first-order valence-electron chi connectivity index (χ1n) is 19.6. The van der Waals surface area contributed by atoms with Crippen LogP contribution >= 0.6 is 0 Å². The van der Waals surface area contributed by atoms with E-state index in [0.717, 1.165) is 44.2 Å². The minimum absolute atomic E-state index is 0.904. The summed E-state index contributed by atoms with van der Waals surface area (Å²) in [5.74, 6) is 0. The lowest BCUT2D eigenvalue weighted by atomic mass is 9.94. The Labute approximate surface area is 326 Å². The number of benzene rings is 10. The number of para-hydroxylation sites is 2. The van der Waals surface area contributed by atoms with E-state index in [1.54, 1.807) is 0 Å². The van der Waals surface area contributed by atoms with Gasteiger partial charge in [-0.3, -0.25) is 0 Å². The molecule has 3 aromatic heterocycles. The molecule has 3 heterocycles. The van der Waals surface area contributed by atoms with Crippen molar-refractivity contribution in [1.29, 1.82) is 0 Å². The number of furan rings is 1. The van der Waals surface area contributed by atoms with Crippen LogP contribution in [-0.4, -0.2) is 9.13 Å². The highest BCUT2D eigenvalue weighted by molar-refractivity contribution is 6.31. The van der Waals surface area contributed by atoms with Crippen molar-refractivity contribution in [2.45, 2.75) is 0 Å². The Morgan fingerprint density at radius 1 is 0.298 bits per heavy atom. The van der Waals surface area contributed by atoms with E-state index < -0.39 is 0 Å². The molecule has 0 fully saturated rings. The van der Waals surface area contributed by atoms with E-state index in [9.17, 15) is 0 Å². The number of rotatable bonds is 3. The molecule has 10 aromatic carbocycles. The molecule has 3 heteroatoms. The van der Waals surface area contributed by atoms with Crippen LogP contribution in [0.1, 0.15) is 0 Å². The molecule has 0 saturated carbocycles. The van der Waals surface area contributed by atoms with Gasteiger partial charge in [0.1, 0.15) is 11.2 Å². The minimum atomic E-state index is 0.904. The predicted molar refractivity (Wildman–Crippen MR) is 240 cm³/mol. The molecule has 13 rings (SSSR count). The molecular weight excluding hydrogens is 693 g/mol. The van der Waals surface area contributed by atoms with Crippen LogP contribution in [0, 0.1) is 0 Å². The number of hydrogen-bond acceptors (Lipinski definition) is 1. The molecule has 0 aliphatic rings. The lowest BCUT2D eigenvalue weighted by Gasteiger charge is -2.14. The average Bonchev–Trinajstić information content (AvgIpc) is 3.94. The Hall–Kier alpha value is -7.62. The first kappa shape index (κ1) is 30.7. The monoisotopic (exact) mass is 724 g/mol. The molecule has 57 heavy (non-hydrogen) atoms. The van der Waals surface area contributed by atoms with Crippen LogP contribution in [0.15, 0.2) is 199 Å². The average molecular weight is 725 g/mol. The molecule has 0 N–H and O–H groups in total. The van der Waals surface area contributed by atoms with Gasteiger partial charge in [0, 0.05) is 38.3 Å². The fourth-order valence-corrected chi connectivity index (χ4v) is 9.84. The standard InChI is InChI=1S/C54H32N2O/c1-2-12-33(13-3-1)34-22-24-35(25-23-34)55-47-20-10-8-19-44(47)51-48(55)31-29-45-52-49(30-28-43-42-18-9-11-21-50(42)57-54(43)52)56(53(45)51)36-26-27-41-39-16-5-4-14-37(39)38-15-6-7-17-40(38)46(41)32-36/h1-32H. The van der Waals surface area contributed by atoms with E-state index in [2.05, 4.69) is 203 Å². The molecule has 3 nitrogen and oxygen atoms in total. The molecule has 0 bridgehead atoms. The van der Waals surface area contributed by atoms with E-state index in [4.69, 9.17) is 4.42 Å². The van der Waals surface area contributed by atoms with Gasteiger partial charge >= 0.3 is 0 Å². The molecule has 0 radical (unpaired) electrons. The molecule has 0 atom stereocenters. The molecule has 0 aliphatic carbocycles. The van der Waals surface area contributed by atoms with Crippen LogP contribution in [0.3, 0.4) is 0 Å². The zero-order chi connectivity index (χ0) is 37.2. The maximum Gasteiger partial charge on any atom is 0.145 e. The fourth-order valence-electron chi connectivity index (χ4n) is 9.84. The Morgan fingerprint density at radius 2 is 0.825 bits per heavy atom. The van der Waals surface area contributed by atoms with Crippen molar-refractivity contribution in [2.24, 2.45) is 0 Å². The van der Waals surface area contributed by atoms with Crippen LogP contribution in [0.4, 0.5) is 0 Å². The van der Waals surface area contributed by atoms with Gasteiger partial charge in [0.15, 0.2) is 0 Å². The summed E-state index contributed by atoms with van der Waals surface area (Å²) >= 11 is 0. The third-order valence-electron chi connectivity index (χ3n) is 12.3. The smallest absolute Gasteiger partial charge is 0.145 e. The van der Waals surface area contributed by atoms with Crippen LogP contribution in [0.2, 0.25) is 0 Å². The van der Waals surface area contributed by atoms with Crippen molar-refractivity contribution in [1.82, 2.24) is 9.13 Å². The number of aromatic nitrogens is 2. The largest absolute Gasteiger partial charge is 0.455 e. The van der Waals surface area contributed by atoms with E-state index in [1.165, 1.54) is 76.2 Å². The summed E-state index contributed by atoms with van der Waals surface area (Å²) in [6.07, 6.45) is 0. The minimum Gasteiger partial charge on any atom is -0.455 e. The highest BCUT2D eigenvalue weighted by Crippen LogP contribution is 2.46. The molecule has 0 amide bonds. The van der Waals surface area contributed by atoms with Crippen molar-refractivity contribution < 1.29 is 4.42 Å². The molecule has 0 saturated heterocycles. The Bertz CT molecular complexity index is 3750. The van der Waals surface area contributed by atoms with Crippen molar-refractivity contribution >= 4 is 97.9 Å². The van der Waals surface area contributed by atoms with Gasteiger partial charge in [0.05, 0.1) is 27.5 Å². The second-order valence-corrected chi connectivity index (χ2v) is 15.2. The third kappa shape index (κ3) is 4.20. The fraction of sp³-hybridized carbons (Fsp3) is 0. The van der Waals surface area contributed by atoms with Crippen molar-refractivity contribution in [2.75, 3.05) is 0 Å². The molecule has 0 spiro atoms. The topological polar surface area (TPSA) is 23.0 Å². The van der Waals surface area contributed by atoms with Crippen LogP contribution in [0.25, 0.3) is 120 Å². The maximum atomic E-state index is 6.80. The normalized spacial score (nSPS) is 12.2. The van der Waals surface area contributed by atoms with Crippen LogP contribution in [0.5, 0.6) is 0 Å². The van der Waals surface area contributed by atoms with E-state index in [1.807, 2.05) is 0 Å². The summed E-state index contributed by atoms with van der Waals surface area (Å²) < 4.78 is 11.7. The Morgan fingerprint density at radius 3 is 1.56 bits per heavy atom. The summed E-state index contributed by atoms with van der Waals surface area (Å²) in [6, 6.07) is 70.7. The van der Waals surface area contributed by atoms with E-state index >= 15 is 0 Å². The number of fused-ring (bicyclic) bond motifs is 17. The summed E-state index contributed by atoms with van der Waals surface area (Å²) in [7, 11) is 0. The van der Waals surface area contributed by atoms with Gasteiger partial charge in [-0.1, -0.05) is 133 Å². The van der Waals surface area contributed by atoms with Gasteiger partial charge in [-0.05, 0) is 104 Å². The summed E-state index contributed by atoms with van der Waals surface area (Å²) in [5, 5.41) is 14.6. The van der Waals surface area contributed by atoms with Crippen LogP contribution < -0.4 is 0 Å². The van der Waals surface area contributed by atoms with E-state index in [-0.39, 0.29) is 0 Å². The third-order valence-corrected chi connectivity index (χ3v) is 12.3. The maximum absolute atomic E-state index is 6.80. The predicted octanol–water partition coefficient (Wildman–Crippen LogP) is 14.9. The lowest BCUT2D eigenvalue weighted by molar-refractivity contribution is 0.673. The zero-order valence-corrected chi connectivity index (χ0v) is 30.8. The molecular formula is C54H32N2O. The Balaban J connectivity index is 1.18. The summed E-state index contributed by atoms with van der Waals surface area (Å²) in [6.45, 7) is 0. The summed E-state index contributed by atoms with van der Waals surface area (Å²) in [5.41, 5.74) is 11.1. The van der Waals surface area contributed by atoms with Gasteiger partial charge in [-0.15, -0.1) is 0 Å².